The lowest BCUT2D eigenvalue weighted by Crippen LogP contribution is -2.19. The number of carbonyl (C=O) groups excluding carboxylic acids is 1. The molecule has 0 saturated heterocycles. The van der Waals surface area contributed by atoms with Gasteiger partial charge in [-0.1, -0.05) is 26.7 Å². The Labute approximate surface area is 124 Å². The molecule has 0 aromatic carbocycles. The van der Waals surface area contributed by atoms with Gasteiger partial charge in [-0.05, 0) is 42.6 Å². The molecule has 1 heterocycles. The van der Waals surface area contributed by atoms with E-state index in [0.717, 1.165) is 48.1 Å². The first-order valence-electron chi connectivity index (χ1n) is 7.29. The number of halogens is 1. The second-order valence-corrected chi connectivity index (χ2v) is 5.87. The molecule has 0 aliphatic rings. The molecule has 3 nitrogen and oxygen atoms in total. The van der Waals surface area contributed by atoms with Crippen molar-refractivity contribution in [3.8, 4) is 0 Å². The summed E-state index contributed by atoms with van der Waals surface area (Å²) in [7, 11) is 0. The van der Waals surface area contributed by atoms with Gasteiger partial charge in [-0.25, -0.2) is 0 Å². The summed E-state index contributed by atoms with van der Waals surface area (Å²) in [5, 5.41) is 4.45. The molecule has 0 unspecified atom stereocenters. The number of nitrogens with zero attached hydrogens (tertiary/aromatic N) is 2. The van der Waals surface area contributed by atoms with Crippen molar-refractivity contribution in [1.29, 1.82) is 0 Å². The maximum atomic E-state index is 12.5. The number of hydrogen-bond donors (Lipinski definition) is 0. The Morgan fingerprint density at radius 3 is 2.32 bits per heavy atom. The van der Waals surface area contributed by atoms with Gasteiger partial charge < -0.3 is 0 Å². The zero-order valence-electron chi connectivity index (χ0n) is 12.5. The van der Waals surface area contributed by atoms with Crippen molar-refractivity contribution in [2.24, 2.45) is 5.92 Å². The van der Waals surface area contributed by atoms with Gasteiger partial charge in [-0.15, -0.1) is 0 Å². The van der Waals surface area contributed by atoms with Crippen LogP contribution in [-0.2, 0) is 17.8 Å². The smallest absolute Gasteiger partial charge is 0.141 e. The van der Waals surface area contributed by atoms with Crippen LogP contribution in [0, 0.1) is 12.8 Å². The van der Waals surface area contributed by atoms with E-state index in [4.69, 9.17) is 0 Å². The van der Waals surface area contributed by atoms with Crippen molar-refractivity contribution >= 4 is 21.7 Å². The first kappa shape index (κ1) is 16.4. The molecule has 0 spiro atoms. The first-order chi connectivity index (χ1) is 9.04. The van der Waals surface area contributed by atoms with Crippen LogP contribution < -0.4 is 0 Å². The molecule has 0 bridgehead atoms. The quantitative estimate of drug-likeness (QED) is 0.713. The third-order valence-corrected chi connectivity index (χ3v) is 4.56. The van der Waals surface area contributed by atoms with E-state index in [1.165, 1.54) is 0 Å². The molecule has 4 heteroatoms. The van der Waals surface area contributed by atoms with Gasteiger partial charge in [-0.3, -0.25) is 9.48 Å². The predicted molar refractivity (Wildman–Crippen MR) is 82.4 cm³/mol. The third-order valence-electron chi connectivity index (χ3n) is 3.52. The fraction of sp³-hybridized carbons (Fsp3) is 0.733. The van der Waals surface area contributed by atoms with Crippen LogP contribution in [0.2, 0.25) is 0 Å². The van der Waals surface area contributed by atoms with Crippen LogP contribution in [0.4, 0.5) is 0 Å². The SMILES string of the molecule is CCCC(CCC)C(=O)Cc1c(Br)c(C)nn1CC. The molecule has 0 N–H and O–H groups in total. The van der Waals surface area contributed by atoms with Gasteiger partial charge >= 0.3 is 0 Å². The van der Waals surface area contributed by atoms with E-state index in [-0.39, 0.29) is 5.92 Å². The monoisotopic (exact) mass is 328 g/mol. The Morgan fingerprint density at radius 2 is 1.84 bits per heavy atom. The highest BCUT2D eigenvalue weighted by atomic mass is 79.9. The highest BCUT2D eigenvalue weighted by Crippen LogP contribution is 2.24. The Balaban J connectivity index is 2.85. The van der Waals surface area contributed by atoms with Gasteiger partial charge in [0.25, 0.3) is 0 Å². The topological polar surface area (TPSA) is 34.9 Å². The van der Waals surface area contributed by atoms with Crippen LogP contribution in [0.25, 0.3) is 0 Å². The van der Waals surface area contributed by atoms with Crippen LogP contribution >= 0.6 is 15.9 Å². The molecule has 0 saturated carbocycles. The molecule has 108 valence electrons. The molecule has 0 aliphatic carbocycles. The molecule has 0 aliphatic heterocycles. The van der Waals surface area contributed by atoms with E-state index < -0.39 is 0 Å². The number of carbonyl (C=O) groups is 1. The standard InChI is InChI=1S/C15H25BrN2O/c1-5-8-12(9-6-2)14(19)10-13-15(16)11(4)17-18(13)7-3/h12H,5-10H2,1-4H3. The first-order valence-corrected chi connectivity index (χ1v) is 8.08. The summed E-state index contributed by atoms with van der Waals surface area (Å²) in [6.07, 6.45) is 4.65. The molecule has 1 rings (SSSR count). The Kier molecular flexibility index (Phi) is 6.76. The van der Waals surface area contributed by atoms with Gasteiger partial charge in [0.2, 0.25) is 0 Å². The van der Waals surface area contributed by atoms with Crippen LogP contribution in [0.15, 0.2) is 4.47 Å². The number of aryl methyl sites for hydroxylation is 2. The largest absolute Gasteiger partial charge is 0.299 e. The molecule has 0 amide bonds. The van der Waals surface area contributed by atoms with E-state index >= 15 is 0 Å². The van der Waals surface area contributed by atoms with E-state index in [1.807, 2.05) is 11.6 Å². The molecular weight excluding hydrogens is 304 g/mol. The maximum absolute atomic E-state index is 12.5. The zero-order chi connectivity index (χ0) is 14.4. The maximum Gasteiger partial charge on any atom is 0.141 e. The third kappa shape index (κ3) is 4.16. The number of ketones is 1. The second-order valence-electron chi connectivity index (χ2n) is 5.08. The summed E-state index contributed by atoms with van der Waals surface area (Å²) in [6, 6.07) is 0. The van der Waals surface area contributed by atoms with E-state index in [9.17, 15) is 4.79 Å². The Hall–Kier alpha value is -0.640. The molecule has 19 heavy (non-hydrogen) atoms. The van der Waals surface area contributed by atoms with Gasteiger partial charge in [0.05, 0.1) is 15.9 Å². The van der Waals surface area contributed by atoms with E-state index in [0.29, 0.717) is 12.2 Å². The van der Waals surface area contributed by atoms with E-state index in [2.05, 4.69) is 41.8 Å². The fourth-order valence-electron chi connectivity index (χ4n) is 2.51. The van der Waals surface area contributed by atoms with Crippen LogP contribution in [0.3, 0.4) is 0 Å². The lowest BCUT2D eigenvalue weighted by Gasteiger charge is -2.14. The summed E-state index contributed by atoms with van der Waals surface area (Å²) >= 11 is 3.56. The van der Waals surface area contributed by atoms with Crippen LogP contribution in [0.1, 0.15) is 57.8 Å². The number of Topliss-reactive ketones (excluding diaryl/α,β-unsaturated/α-hetero) is 1. The fourth-order valence-corrected chi connectivity index (χ4v) is 2.93. The molecule has 1 aromatic rings. The van der Waals surface area contributed by atoms with Crippen molar-refractivity contribution in [3.05, 3.63) is 15.9 Å². The van der Waals surface area contributed by atoms with Crippen molar-refractivity contribution in [2.45, 2.75) is 66.3 Å². The van der Waals surface area contributed by atoms with Gasteiger partial charge in [0, 0.05) is 18.9 Å². The van der Waals surface area contributed by atoms with Crippen LogP contribution in [0.5, 0.6) is 0 Å². The zero-order valence-corrected chi connectivity index (χ0v) is 14.1. The number of hydrogen-bond acceptors (Lipinski definition) is 2. The van der Waals surface area contributed by atoms with E-state index in [1.54, 1.807) is 0 Å². The highest BCUT2D eigenvalue weighted by molar-refractivity contribution is 9.10. The number of aromatic nitrogens is 2. The predicted octanol–water partition coefficient (Wildman–Crippen LogP) is 4.30. The average Bonchev–Trinajstić information content (AvgIpc) is 2.66. The Bertz CT molecular complexity index is 420. The molecule has 0 fully saturated rings. The molecule has 0 atom stereocenters. The van der Waals surface area contributed by atoms with Gasteiger partial charge in [0.1, 0.15) is 5.78 Å². The molecular formula is C15H25BrN2O. The van der Waals surface area contributed by atoms with Crippen molar-refractivity contribution in [1.82, 2.24) is 9.78 Å². The van der Waals surface area contributed by atoms with Crippen molar-refractivity contribution < 1.29 is 4.79 Å². The van der Waals surface area contributed by atoms with Crippen molar-refractivity contribution in [2.75, 3.05) is 0 Å². The minimum atomic E-state index is 0.211. The minimum absolute atomic E-state index is 0.211. The van der Waals surface area contributed by atoms with Gasteiger partial charge in [-0.2, -0.15) is 5.10 Å². The average molecular weight is 329 g/mol. The normalized spacial score (nSPS) is 11.3. The lowest BCUT2D eigenvalue weighted by molar-refractivity contribution is -0.122. The number of rotatable bonds is 8. The lowest BCUT2D eigenvalue weighted by atomic mass is 9.91. The summed E-state index contributed by atoms with van der Waals surface area (Å²) < 4.78 is 2.93. The highest BCUT2D eigenvalue weighted by Gasteiger charge is 2.21. The van der Waals surface area contributed by atoms with Gasteiger partial charge in [0.15, 0.2) is 0 Å². The minimum Gasteiger partial charge on any atom is -0.299 e. The van der Waals surface area contributed by atoms with Crippen molar-refractivity contribution in [3.63, 3.8) is 0 Å². The van der Waals surface area contributed by atoms with Crippen LogP contribution in [-0.4, -0.2) is 15.6 Å². The Morgan fingerprint density at radius 1 is 1.26 bits per heavy atom. The summed E-state index contributed by atoms with van der Waals surface area (Å²) in [6.45, 7) is 9.13. The molecule has 1 aromatic heterocycles. The molecule has 0 radical (unpaired) electrons. The summed E-state index contributed by atoms with van der Waals surface area (Å²) in [4.78, 5) is 12.5. The second kappa shape index (κ2) is 7.83. The summed E-state index contributed by atoms with van der Waals surface area (Å²) in [5.41, 5.74) is 1.99. The summed E-state index contributed by atoms with van der Waals surface area (Å²) in [5.74, 6) is 0.571.